The normalized spacial score (nSPS) is 10.9. The number of aryl methyl sites for hydroxylation is 1. The lowest BCUT2D eigenvalue weighted by Gasteiger charge is -1.99. The molecule has 18 heavy (non-hydrogen) atoms. The molecule has 0 aliphatic heterocycles. The molecule has 0 unspecified atom stereocenters. The molecule has 0 saturated carbocycles. The van der Waals surface area contributed by atoms with Crippen LogP contribution in [-0.2, 0) is 5.75 Å². The van der Waals surface area contributed by atoms with Gasteiger partial charge in [0.25, 0.3) is 0 Å². The summed E-state index contributed by atoms with van der Waals surface area (Å²) >= 11 is 3.58. The van der Waals surface area contributed by atoms with Gasteiger partial charge in [0, 0.05) is 5.75 Å². The third-order valence-electron chi connectivity index (χ3n) is 2.76. The van der Waals surface area contributed by atoms with Crippen LogP contribution < -0.4 is 0 Å². The Morgan fingerprint density at radius 3 is 2.61 bits per heavy atom. The van der Waals surface area contributed by atoms with E-state index in [0.29, 0.717) is 0 Å². The molecule has 0 radical (unpaired) electrons. The minimum absolute atomic E-state index is 0.986. The van der Waals surface area contributed by atoms with Gasteiger partial charge >= 0.3 is 0 Å². The smallest absolute Gasteiger partial charge is 0.151 e. The topological polar surface area (TPSA) is 12.9 Å². The van der Waals surface area contributed by atoms with Crippen LogP contribution in [0.5, 0.6) is 0 Å². The van der Waals surface area contributed by atoms with Crippen molar-refractivity contribution in [3.05, 3.63) is 59.7 Å². The van der Waals surface area contributed by atoms with Crippen LogP contribution in [0.2, 0.25) is 0 Å². The van der Waals surface area contributed by atoms with E-state index in [2.05, 4.69) is 54.4 Å². The molecule has 0 fully saturated rings. The lowest BCUT2D eigenvalue weighted by atomic mass is 10.2. The van der Waals surface area contributed by atoms with Crippen LogP contribution in [-0.4, -0.2) is 4.98 Å². The lowest BCUT2D eigenvalue weighted by Crippen LogP contribution is -1.80. The molecule has 0 amide bonds. The van der Waals surface area contributed by atoms with Gasteiger partial charge in [0.05, 0.1) is 10.2 Å². The molecule has 0 bridgehead atoms. The van der Waals surface area contributed by atoms with Crippen LogP contribution in [0.25, 0.3) is 10.2 Å². The van der Waals surface area contributed by atoms with Crippen LogP contribution in [0, 0.1) is 6.92 Å². The third-order valence-corrected chi connectivity index (χ3v) is 5.01. The minimum atomic E-state index is 0.986. The highest BCUT2D eigenvalue weighted by Crippen LogP contribution is 2.31. The number of aromatic nitrogens is 1. The molecule has 90 valence electrons. The Balaban J connectivity index is 1.74. The van der Waals surface area contributed by atoms with Crippen molar-refractivity contribution in [1.29, 1.82) is 0 Å². The first-order chi connectivity index (χ1) is 8.81. The fourth-order valence-corrected chi connectivity index (χ4v) is 3.77. The van der Waals surface area contributed by atoms with E-state index in [9.17, 15) is 0 Å². The Hall–Kier alpha value is -1.32. The van der Waals surface area contributed by atoms with Gasteiger partial charge in [-0.15, -0.1) is 11.3 Å². The molecule has 0 atom stereocenters. The molecule has 0 aliphatic carbocycles. The monoisotopic (exact) mass is 271 g/mol. The van der Waals surface area contributed by atoms with E-state index in [4.69, 9.17) is 0 Å². The standard InChI is InChI=1S/C15H13NS2/c1-11-6-8-12(9-7-11)10-17-15-16-13-4-2-3-5-14(13)18-15/h2-9H,10H2,1H3. The number of fused-ring (bicyclic) bond motifs is 1. The van der Waals surface area contributed by atoms with Crippen LogP contribution in [0.15, 0.2) is 52.9 Å². The van der Waals surface area contributed by atoms with Crippen LogP contribution in [0.4, 0.5) is 0 Å². The molecular weight excluding hydrogens is 258 g/mol. The van der Waals surface area contributed by atoms with Crippen molar-refractivity contribution in [2.45, 2.75) is 17.0 Å². The summed E-state index contributed by atoms with van der Waals surface area (Å²) in [6.07, 6.45) is 0. The number of hydrogen-bond acceptors (Lipinski definition) is 3. The second kappa shape index (κ2) is 5.12. The molecule has 1 nitrogen and oxygen atoms in total. The molecule has 0 aliphatic rings. The highest BCUT2D eigenvalue weighted by molar-refractivity contribution is 8.00. The van der Waals surface area contributed by atoms with Crippen molar-refractivity contribution in [1.82, 2.24) is 4.98 Å². The quantitative estimate of drug-likeness (QED) is 0.629. The van der Waals surface area contributed by atoms with Gasteiger partial charge < -0.3 is 0 Å². The summed E-state index contributed by atoms with van der Waals surface area (Å²) in [6.45, 7) is 2.12. The largest absolute Gasteiger partial charge is 0.230 e. The Bertz CT molecular complexity index is 623. The zero-order chi connectivity index (χ0) is 12.4. The summed E-state index contributed by atoms with van der Waals surface area (Å²) in [6, 6.07) is 17.0. The average Bonchev–Trinajstić information content (AvgIpc) is 2.81. The summed E-state index contributed by atoms with van der Waals surface area (Å²) in [4.78, 5) is 4.63. The number of benzene rings is 2. The first-order valence-electron chi connectivity index (χ1n) is 5.85. The first kappa shape index (κ1) is 11.8. The maximum absolute atomic E-state index is 4.63. The zero-order valence-corrected chi connectivity index (χ0v) is 11.7. The maximum atomic E-state index is 4.63. The Labute approximate surface area is 115 Å². The number of thioether (sulfide) groups is 1. The van der Waals surface area contributed by atoms with Gasteiger partial charge in [0.1, 0.15) is 0 Å². The van der Waals surface area contributed by atoms with Crippen molar-refractivity contribution < 1.29 is 0 Å². The second-order valence-corrected chi connectivity index (χ2v) is 6.47. The molecule has 0 spiro atoms. The summed E-state index contributed by atoms with van der Waals surface area (Å²) in [5.74, 6) is 0.986. The van der Waals surface area contributed by atoms with Crippen LogP contribution in [0.1, 0.15) is 11.1 Å². The van der Waals surface area contributed by atoms with Crippen molar-refractivity contribution in [3.63, 3.8) is 0 Å². The molecule has 1 aromatic heterocycles. The fraction of sp³-hybridized carbons (Fsp3) is 0.133. The Kier molecular flexibility index (Phi) is 3.35. The third kappa shape index (κ3) is 2.57. The number of thiazole rings is 1. The van der Waals surface area contributed by atoms with Gasteiger partial charge in [0.2, 0.25) is 0 Å². The molecule has 0 saturated heterocycles. The summed E-state index contributed by atoms with van der Waals surface area (Å²) < 4.78 is 2.42. The highest BCUT2D eigenvalue weighted by Gasteiger charge is 2.03. The minimum Gasteiger partial charge on any atom is -0.230 e. The van der Waals surface area contributed by atoms with E-state index in [1.54, 1.807) is 11.3 Å². The lowest BCUT2D eigenvalue weighted by molar-refractivity contribution is 1.29. The van der Waals surface area contributed by atoms with Crippen molar-refractivity contribution in [2.24, 2.45) is 0 Å². The Morgan fingerprint density at radius 1 is 1.06 bits per heavy atom. The predicted molar refractivity (Wildman–Crippen MR) is 80.4 cm³/mol. The predicted octanol–water partition coefficient (Wildman–Crippen LogP) is 4.90. The van der Waals surface area contributed by atoms with E-state index < -0.39 is 0 Å². The SMILES string of the molecule is Cc1ccc(CSc2nc3ccccc3s2)cc1. The maximum Gasteiger partial charge on any atom is 0.151 e. The molecule has 2 aromatic carbocycles. The van der Waals surface area contributed by atoms with Crippen LogP contribution in [0.3, 0.4) is 0 Å². The highest BCUT2D eigenvalue weighted by atomic mass is 32.2. The zero-order valence-electron chi connectivity index (χ0n) is 10.1. The van der Waals surface area contributed by atoms with E-state index >= 15 is 0 Å². The number of hydrogen-bond donors (Lipinski definition) is 0. The fourth-order valence-electron chi connectivity index (χ4n) is 1.74. The van der Waals surface area contributed by atoms with E-state index in [-0.39, 0.29) is 0 Å². The average molecular weight is 271 g/mol. The van der Waals surface area contributed by atoms with Crippen LogP contribution >= 0.6 is 23.1 Å². The summed E-state index contributed by atoms with van der Waals surface area (Å²) in [5, 5.41) is 0. The molecule has 1 heterocycles. The van der Waals surface area contributed by atoms with E-state index in [0.717, 1.165) is 15.6 Å². The molecule has 3 aromatic rings. The summed E-state index contributed by atoms with van der Waals surface area (Å²) in [5.41, 5.74) is 3.77. The molecule has 3 heteroatoms. The van der Waals surface area contributed by atoms with Gasteiger partial charge in [0.15, 0.2) is 4.34 Å². The second-order valence-electron chi connectivity index (χ2n) is 4.22. The number of para-hydroxylation sites is 1. The van der Waals surface area contributed by atoms with E-state index in [1.165, 1.54) is 15.8 Å². The number of rotatable bonds is 3. The van der Waals surface area contributed by atoms with Gasteiger partial charge in [-0.3, -0.25) is 0 Å². The summed E-state index contributed by atoms with van der Waals surface area (Å²) in [7, 11) is 0. The van der Waals surface area contributed by atoms with Gasteiger partial charge in [-0.1, -0.05) is 53.7 Å². The van der Waals surface area contributed by atoms with Gasteiger partial charge in [-0.05, 0) is 24.6 Å². The molecule has 3 rings (SSSR count). The van der Waals surface area contributed by atoms with Crippen molar-refractivity contribution >= 4 is 33.3 Å². The van der Waals surface area contributed by atoms with Crippen molar-refractivity contribution in [3.8, 4) is 0 Å². The number of nitrogens with zero attached hydrogens (tertiary/aromatic N) is 1. The molecule has 0 N–H and O–H groups in total. The van der Waals surface area contributed by atoms with E-state index in [1.807, 2.05) is 17.8 Å². The first-order valence-corrected chi connectivity index (χ1v) is 7.65. The molecular formula is C15H13NS2. The van der Waals surface area contributed by atoms with Gasteiger partial charge in [-0.25, -0.2) is 4.98 Å². The Morgan fingerprint density at radius 2 is 1.83 bits per heavy atom. The van der Waals surface area contributed by atoms with Crippen molar-refractivity contribution in [2.75, 3.05) is 0 Å². The van der Waals surface area contributed by atoms with Gasteiger partial charge in [-0.2, -0.15) is 0 Å².